The maximum atomic E-state index is 3.12. The average Bonchev–Trinajstić information content (AvgIpc) is 2.31. The van der Waals surface area contributed by atoms with Gasteiger partial charge in [-0.1, -0.05) is 48.1 Å². The Hall–Kier alpha value is -2.10. The standard InChI is InChI=1S/C16H14/c1-4-12-16(13-5-2,14-6-3)15-10-8-7-9-11-15/h7-11H,1-3H3. The van der Waals surface area contributed by atoms with Gasteiger partial charge in [-0.15, -0.1) is 17.8 Å². The van der Waals surface area contributed by atoms with E-state index in [0.29, 0.717) is 0 Å². The van der Waals surface area contributed by atoms with Crippen molar-refractivity contribution in [2.45, 2.75) is 26.2 Å². The van der Waals surface area contributed by atoms with Crippen molar-refractivity contribution in [3.05, 3.63) is 35.9 Å². The molecule has 0 saturated carbocycles. The summed E-state index contributed by atoms with van der Waals surface area (Å²) in [5.74, 6) is 18.1. The first kappa shape index (κ1) is 12.0. The number of benzene rings is 1. The summed E-state index contributed by atoms with van der Waals surface area (Å²) in [6.45, 7) is 5.44. The van der Waals surface area contributed by atoms with Gasteiger partial charge < -0.3 is 0 Å². The summed E-state index contributed by atoms with van der Waals surface area (Å²) in [7, 11) is 0. The molecule has 0 atom stereocenters. The van der Waals surface area contributed by atoms with Gasteiger partial charge in [-0.3, -0.25) is 0 Å². The van der Waals surface area contributed by atoms with Gasteiger partial charge in [0.05, 0.1) is 0 Å². The minimum atomic E-state index is -0.639. The van der Waals surface area contributed by atoms with Gasteiger partial charge in [0.2, 0.25) is 0 Å². The zero-order chi connectivity index (χ0) is 11.9. The third-order valence-corrected chi connectivity index (χ3v) is 2.14. The maximum absolute atomic E-state index is 3.12. The molecule has 0 saturated heterocycles. The zero-order valence-corrected chi connectivity index (χ0v) is 9.89. The Kier molecular flexibility index (Phi) is 4.27. The van der Waals surface area contributed by atoms with Gasteiger partial charge in [0.15, 0.2) is 5.41 Å². The van der Waals surface area contributed by atoms with Crippen LogP contribution in [0.15, 0.2) is 30.3 Å². The molecule has 0 radical (unpaired) electrons. The molecule has 0 amide bonds. The summed E-state index contributed by atoms with van der Waals surface area (Å²) in [6.07, 6.45) is 0. The van der Waals surface area contributed by atoms with Crippen LogP contribution in [-0.2, 0) is 5.41 Å². The zero-order valence-electron chi connectivity index (χ0n) is 9.89. The van der Waals surface area contributed by atoms with Crippen molar-refractivity contribution in [1.29, 1.82) is 0 Å². The lowest BCUT2D eigenvalue weighted by Gasteiger charge is -2.16. The second-order valence-electron chi connectivity index (χ2n) is 3.24. The molecule has 0 spiro atoms. The second-order valence-corrected chi connectivity index (χ2v) is 3.24. The molecule has 0 fully saturated rings. The molecule has 0 aliphatic heterocycles. The monoisotopic (exact) mass is 206 g/mol. The SMILES string of the molecule is CC#CC(C#CC)(C#CC)c1ccccc1. The predicted octanol–water partition coefficient (Wildman–Crippen LogP) is 2.99. The largest absolute Gasteiger partial charge is 0.176 e. The summed E-state index contributed by atoms with van der Waals surface area (Å²) in [4.78, 5) is 0. The molecule has 16 heavy (non-hydrogen) atoms. The topological polar surface area (TPSA) is 0 Å². The third-order valence-electron chi connectivity index (χ3n) is 2.14. The Labute approximate surface area is 98.1 Å². The summed E-state index contributed by atoms with van der Waals surface area (Å²) in [6, 6.07) is 9.97. The lowest BCUT2D eigenvalue weighted by molar-refractivity contribution is 0.966. The van der Waals surface area contributed by atoms with E-state index in [-0.39, 0.29) is 0 Å². The van der Waals surface area contributed by atoms with Crippen LogP contribution < -0.4 is 0 Å². The summed E-state index contributed by atoms with van der Waals surface area (Å²) in [5.41, 5.74) is 0.396. The van der Waals surface area contributed by atoms with Gasteiger partial charge in [-0.05, 0) is 26.3 Å². The van der Waals surface area contributed by atoms with Crippen LogP contribution in [-0.4, -0.2) is 0 Å². The van der Waals surface area contributed by atoms with Gasteiger partial charge in [0.25, 0.3) is 0 Å². The van der Waals surface area contributed by atoms with Crippen molar-refractivity contribution in [2.75, 3.05) is 0 Å². The van der Waals surface area contributed by atoms with Crippen LogP contribution in [0.4, 0.5) is 0 Å². The predicted molar refractivity (Wildman–Crippen MR) is 68.5 cm³/mol. The Balaban J connectivity index is 3.45. The van der Waals surface area contributed by atoms with Crippen LogP contribution in [0.1, 0.15) is 26.3 Å². The average molecular weight is 206 g/mol. The quantitative estimate of drug-likeness (QED) is 0.620. The summed E-state index contributed by atoms with van der Waals surface area (Å²) in [5, 5.41) is 0. The first-order valence-electron chi connectivity index (χ1n) is 5.16. The molecule has 0 heterocycles. The van der Waals surface area contributed by atoms with E-state index in [1.54, 1.807) is 0 Å². The molecule has 0 nitrogen and oxygen atoms in total. The van der Waals surface area contributed by atoms with Crippen LogP contribution >= 0.6 is 0 Å². The maximum Gasteiger partial charge on any atom is 0.176 e. The van der Waals surface area contributed by atoms with E-state index in [2.05, 4.69) is 35.5 Å². The van der Waals surface area contributed by atoms with Crippen molar-refractivity contribution in [3.8, 4) is 35.5 Å². The van der Waals surface area contributed by atoms with E-state index in [4.69, 9.17) is 0 Å². The summed E-state index contributed by atoms with van der Waals surface area (Å²) >= 11 is 0. The lowest BCUT2D eigenvalue weighted by atomic mass is 9.82. The number of hydrogen-bond acceptors (Lipinski definition) is 0. The van der Waals surface area contributed by atoms with Crippen LogP contribution in [0, 0.1) is 35.5 Å². The molecule has 0 aliphatic carbocycles. The molecule has 0 aromatic heterocycles. The molecule has 1 aromatic carbocycles. The molecule has 0 heteroatoms. The highest BCUT2D eigenvalue weighted by molar-refractivity contribution is 5.54. The minimum absolute atomic E-state index is 0.639. The van der Waals surface area contributed by atoms with E-state index in [0.717, 1.165) is 5.56 Å². The molecule has 1 aromatic rings. The van der Waals surface area contributed by atoms with Crippen LogP contribution in [0.3, 0.4) is 0 Å². The molecule has 78 valence electrons. The fourth-order valence-electron chi connectivity index (χ4n) is 1.56. The van der Waals surface area contributed by atoms with Crippen molar-refractivity contribution < 1.29 is 0 Å². The first-order chi connectivity index (χ1) is 7.79. The summed E-state index contributed by atoms with van der Waals surface area (Å²) < 4.78 is 0. The highest BCUT2D eigenvalue weighted by Crippen LogP contribution is 2.22. The van der Waals surface area contributed by atoms with E-state index < -0.39 is 5.41 Å². The smallest absolute Gasteiger partial charge is 0.104 e. The number of rotatable bonds is 1. The molecule has 0 bridgehead atoms. The van der Waals surface area contributed by atoms with Gasteiger partial charge in [0.1, 0.15) is 0 Å². The Morgan fingerprint density at radius 2 is 1.19 bits per heavy atom. The molecule has 0 N–H and O–H groups in total. The van der Waals surface area contributed by atoms with Gasteiger partial charge >= 0.3 is 0 Å². The fourth-order valence-corrected chi connectivity index (χ4v) is 1.56. The van der Waals surface area contributed by atoms with Crippen molar-refractivity contribution in [2.24, 2.45) is 0 Å². The van der Waals surface area contributed by atoms with E-state index >= 15 is 0 Å². The molecule has 1 rings (SSSR count). The van der Waals surface area contributed by atoms with Gasteiger partial charge in [0, 0.05) is 0 Å². The van der Waals surface area contributed by atoms with Gasteiger partial charge in [-0.2, -0.15) is 0 Å². The lowest BCUT2D eigenvalue weighted by Crippen LogP contribution is -2.19. The van der Waals surface area contributed by atoms with Crippen LogP contribution in [0.25, 0.3) is 0 Å². The van der Waals surface area contributed by atoms with Crippen molar-refractivity contribution in [1.82, 2.24) is 0 Å². The van der Waals surface area contributed by atoms with E-state index in [1.165, 1.54) is 0 Å². The van der Waals surface area contributed by atoms with E-state index in [1.807, 2.05) is 51.1 Å². The Morgan fingerprint density at radius 3 is 1.56 bits per heavy atom. The second kappa shape index (κ2) is 5.70. The molecular formula is C16H14. The highest BCUT2D eigenvalue weighted by Gasteiger charge is 2.24. The molecular weight excluding hydrogens is 192 g/mol. The number of hydrogen-bond donors (Lipinski definition) is 0. The van der Waals surface area contributed by atoms with Crippen LogP contribution in [0.2, 0.25) is 0 Å². The van der Waals surface area contributed by atoms with Crippen molar-refractivity contribution >= 4 is 0 Å². The third kappa shape index (κ3) is 2.48. The normalized spacial score (nSPS) is 8.69. The first-order valence-corrected chi connectivity index (χ1v) is 5.16. The molecule has 0 aliphatic rings. The van der Waals surface area contributed by atoms with E-state index in [9.17, 15) is 0 Å². The Bertz CT molecular complexity index is 466. The highest BCUT2D eigenvalue weighted by atomic mass is 14.2. The van der Waals surface area contributed by atoms with Crippen molar-refractivity contribution in [3.63, 3.8) is 0 Å². The Morgan fingerprint density at radius 1 is 0.750 bits per heavy atom. The fraction of sp³-hybridized carbons (Fsp3) is 0.250. The molecule has 0 unspecified atom stereocenters. The van der Waals surface area contributed by atoms with Gasteiger partial charge in [-0.25, -0.2) is 0 Å². The van der Waals surface area contributed by atoms with Crippen LogP contribution in [0.5, 0.6) is 0 Å². The minimum Gasteiger partial charge on any atom is -0.104 e.